The second-order valence-corrected chi connectivity index (χ2v) is 5.07. The zero-order valence-electron chi connectivity index (χ0n) is 10.9. The predicted molar refractivity (Wildman–Crippen MR) is 75.0 cm³/mol. The topological polar surface area (TPSA) is 66.7 Å². The molecule has 0 aliphatic heterocycles. The fraction of sp³-hybridized carbons (Fsp3) is 0.417. The third-order valence-electron chi connectivity index (χ3n) is 2.71. The van der Waals surface area contributed by atoms with Gasteiger partial charge < -0.3 is 10.2 Å². The zero-order valence-corrected chi connectivity index (χ0v) is 11.7. The molecule has 2 aromatic heterocycles. The van der Waals surface area contributed by atoms with E-state index in [1.807, 2.05) is 12.3 Å². The average Bonchev–Trinajstić information content (AvgIpc) is 2.95. The summed E-state index contributed by atoms with van der Waals surface area (Å²) in [5.74, 6) is 0.464. The molecule has 0 aliphatic carbocycles. The Bertz CT molecular complexity index is 590. The van der Waals surface area contributed by atoms with Crippen molar-refractivity contribution in [1.82, 2.24) is 14.7 Å². The summed E-state index contributed by atoms with van der Waals surface area (Å²) in [7, 11) is 1.75. The molecule has 7 heteroatoms. The number of nitrogens with one attached hydrogen (secondary N) is 1. The number of likely N-dealkylation sites (N-methyl/N-ethyl adjacent to an activating group) is 1. The van der Waals surface area contributed by atoms with E-state index in [0.29, 0.717) is 18.1 Å². The van der Waals surface area contributed by atoms with Crippen LogP contribution in [0.2, 0.25) is 0 Å². The molecule has 0 aromatic carbocycles. The lowest BCUT2D eigenvalue weighted by molar-refractivity contribution is -0.119. The molecule has 2 aromatic rings. The maximum Gasteiger partial charge on any atom is 0.239 e. The van der Waals surface area contributed by atoms with Crippen molar-refractivity contribution in [3.8, 4) is 0 Å². The summed E-state index contributed by atoms with van der Waals surface area (Å²) in [6.45, 7) is 2.84. The van der Waals surface area contributed by atoms with E-state index < -0.39 is 0 Å². The monoisotopic (exact) mass is 280 g/mol. The molecule has 0 spiro atoms. The number of hydrogen-bond donors (Lipinski definition) is 1. The van der Waals surface area contributed by atoms with Gasteiger partial charge >= 0.3 is 0 Å². The second kappa shape index (κ2) is 5.83. The van der Waals surface area contributed by atoms with Gasteiger partial charge in [0.05, 0.1) is 6.54 Å². The van der Waals surface area contributed by atoms with Crippen LogP contribution in [-0.4, -0.2) is 41.7 Å². The highest BCUT2D eigenvalue weighted by atomic mass is 32.1. The molecule has 2 rings (SSSR count). The molecule has 0 saturated carbocycles. The van der Waals surface area contributed by atoms with Crippen molar-refractivity contribution in [1.29, 1.82) is 0 Å². The predicted octanol–water partition coefficient (Wildman–Crippen LogP) is 1.17. The van der Waals surface area contributed by atoms with E-state index in [4.69, 9.17) is 0 Å². The molecular weight excluding hydrogens is 264 g/mol. The van der Waals surface area contributed by atoms with Crippen LogP contribution in [0.5, 0.6) is 0 Å². The number of thiazole rings is 1. The molecule has 2 heterocycles. The van der Waals surface area contributed by atoms with Gasteiger partial charge in [-0.25, -0.2) is 4.98 Å². The third-order valence-corrected chi connectivity index (χ3v) is 3.46. The first-order valence-electron chi connectivity index (χ1n) is 6.06. The molecule has 0 aliphatic rings. The van der Waals surface area contributed by atoms with E-state index in [0.717, 1.165) is 17.7 Å². The van der Waals surface area contributed by atoms with Crippen LogP contribution in [0.4, 0.5) is 5.82 Å². The maximum absolute atomic E-state index is 11.7. The van der Waals surface area contributed by atoms with Crippen molar-refractivity contribution in [3.05, 3.63) is 17.3 Å². The molecule has 19 heavy (non-hydrogen) atoms. The summed E-state index contributed by atoms with van der Waals surface area (Å²) >= 11 is 1.45. The number of carbonyl (C=O) groups is 2. The summed E-state index contributed by atoms with van der Waals surface area (Å²) < 4.78 is 1.73. The molecule has 0 saturated heterocycles. The van der Waals surface area contributed by atoms with E-state index in [1.54, 1.807) is 22.5 Å². The second-order valence-electron chi connectivity index (χ2n) is 4.20. The quantitative estimate of drug-likeness (QED) is 0.807. The number of amides is 1. The van der Waals surface area contributed by atoms with Gasteiger partial charge in [-0.2, -0.15) is 0 Å². The van der Waals surface area contributed by atoms with Gasteiger partial charge in [-0.3, -0.25) is 14.0 Å². The molecular formula is C12H16N4O2S. The summed E-state index contributed by atoms with van der Waals surface area (Å²) in [6, 6.07) is 0. The summed E-state index contributed by atoms with van der Waals surface area (Å²) in [4.78, 5) is 29.7. The number of anilines is 1. The Labute approximate surface area is 115 Å². The van der Waals surface area contributed by atoms with Crippen molar-refractivity contribution >= 4 is 34.3 Å². The van der Waals surface area contributed by atoms with E-state index in [1.165, 1.54) is 11.3 Å². The Morgan fingerprint density at radius 1 is 1.63 bits per heavy atom. The van der Waals surface area contributed by atoms with Crippen molar-refractivity contribution < 1.29 is 9.59 Å². The number of hydrogen-bond acceptors (Lipinski definition) is 5. The van der Waals surface area contributed by atoms with Crippen molar-refractivity contribution in [2.45, 2.75) is 13.3 Å². The number of nitrogens with zero attached hydrogens (tertiary/aromatic N) is 3. The lowest BCUT2D eigenvalue weighted by Crippen LogP contribution is -2.36. The molecule has 0 unspecified atom stereocenters. The Hall–Kier alpha value is -1.89. The number of aldehydes is 1. The molecule has 6 nitrogen and oxygen atoms in total. The molecule has 1 N–H and O–H groups in total. The smallest absolute Gasteiger partial charge is 0.239 e. The van der Waals surface area contributed by atoms with E-state index in [2.05, 4.69) is 10.3 Å². The number of fused-ring (bicyclic) bond motifs is 1. The first kappa shape index (κ1) is 13.5. The van der Waals surface area contributed by atoms with Gasteiger partial charge in [0, 0.05) is 25.2 Å². The van der Waals surface area contributed by atoms with Gasteiger partial charge in [-0.1, -0.05) is 6.92 Å². The maximum atomic E-state index is 11.7. The minimum Gasteiger partial charge on any atom is -0.355 e. The SMILES string of the molecule is CCCNC(=O)CN(C)c1nc2sccn2c1C=O. The van der Waals surface area contributed by atoms with Crippen molar-refractivity contribution in [3.63, 3.8) is 0 Å². The largest absolute Gasteiger partial charge is 0.355 e. The molecule has 0 fully saturated rings. The third kappa shape index (κ3) is 2.76. The zero-order chi connectivity index (χ0) is 13.8. The summed E-state index contributed by atoms with van der Waals surface area (Å²) in [5.41, 5.74) is 0.474. The van der Waals surface area contributed by atoms with Crippen LogP contribution in [0.1, 0.15) is 23.8 Å². The van der Waals surface area contributed by atoms with Gasteiger partial charge in [0.1, 0.15) is 5.69 Å². The fourth-order valence-electron chi connectivity index (χ4n) is 1.79. The lowest BCUT2D eigenvalue weighted by atomic mass is 10.4. The Morgan fingerprint density at radius 3 is 3.11 bits per heavy atom. The standard InChI is InChI=1S/C12H16N4O2S/c1-3-4-13-10(18)7-15(2)11-9(8-17)16-5-6-19-12(16)14-11/h5-6,8H,3-4,7H2,1-2H3,(H,13,18). The first-order chi connectivity index (χ1) is 9.17. The van der Waals surface area contributed by atoms with E-state index >= 15 is 0 Å². The minimum absolute atomic E-state index is 0.0717. The first-order valence-corrected chi connectivity index (χ1v) is 6.94. The Kier molecular flexibility index (Phi) is 4.16. The van der Waals surface area contributed by atoms with E-state index in [-0.39, 0.29) is 12.5 Å². The van der Waals surface area contributed by atoms with Crippen LogP contribution < -0.4 is 10.2 Å². The number of aromatic nitrogens is 2. The van der Waals surface area contributed by atoms with Gasteiger partial charge in [-0.15, -0.1) is 11.3 Å². The van der Waals surface area contributed by atoms with Crippen LogP contribution >= 0.6 is 11.3 Å². The summed E-state index contributed by atoms with van der Waals surface area (Å²) in [5, 5.41) is 4.67. The highest BCUT2D eigenvalue weighted by Crippen LogP contribution is 2.22. The molecule has 0 bridgehead atoms. The minimum atomic E-state index is -0.0717. The highest BCUT2D eigenvalue weighted by Gasteiger charge is 2.17. The van der Waals surface area contributed by atoms with Crippen molar-refractivity contribution in [2.75, 3.05) is 25.0 Å². The van der Waals surface area contributed by atoms with Crippen LogP contribution in [0.15, 0.2) is 11.6 Å². The van der Waals surface area contributed by atoms with Gasteiger partial charge in [0.2, 0.25) is 5.91 Å². The molecule has 102 valence electrons. The van der Waals surface area contributed by atoms with Gasteiger partial charge in [0.15, 0.2) is 17.1 Å². The van der Waals surface area contributed by atoms with Crippen LogP contribution in [0, 0.1) is 0 Å². The average molecular weight is 280 g/mol. The van der Waals surface area contributed by atoms with Crippen LogP contribution in [-0.2, 0) is 4.79 Å². The number of imidazole rings is 1. The Morgan fingerprint density at radius 2 is 2.42 bits per heavy atom. The Balaban J connectivity index is 2.16. The van der Waals surface area contributed by atoms with Crippen molar-refractivity contribution in [2.24, 2.45) is 0 Å². The van der Waals surface area contributed by atoms with Crippen LogP contribution in [0.3, 0.4) is 0 Å². The lowest BCUT2D eigenvalue weighted by Gasteiger charge is -2.16. The molecule has 0 radical (unpaired) electrons. The number of rotatable bonds is 6. The molecule has 0 atom stereocenters. The summed E-state index contributed by atoms with van der Waals surface area (Å²) in [6.07, 6.45) is 3.46. The molecule has 1 amide bonds. The van der Waals surface area contributed by atoms with Crippen LogP contribution in [0.25, 0.3) is 4.96 Å². The van der Waals surface area contributed by atoms with Gasteiger partial charge in [-0.05, 0) is 6.42 Å². The number of carbonyl (C=O) groups excluding carboxylic acids is 2. The normalized spacial score (nSPS) is 10.6. The highest BCUT2D eigenvalue weighted by molar-refractivity contribution is 7.15. The van der Waals surface area contributed by atoms with Gasteiger partial charge in [0.25, 0.3) is 0 Å². The fourth-order valence-corrected chi connectivity index (χ4v) is 2.51. The van der Waals surface area contributed by atoms with E-state index in [9.17, 15) is 9.59 Å².